The van der Waals surface area contributed by atoms with Crippen LogP contribution in [0.15, 0.2) is 97.2 Å². The van der Waals surface area contributed by atoms with Gasteiger partial charge in [-0.2, -0.15) is 0 Å². The number of ether oxygens (including phenoxy) is 4. The first-order valence-corrected chi connectivity index (χ1v) is 37.5. The van der Waals surface area contributed by atoms with E-state index >= 15 is 0 Å². The minimum atomic E-state index is -1.79. The number of amides is 1. The highest BCUT2D eigenvalue weighted by Crippen LogP contribution is 2.30. The molecule has 0 saturated carbocycles. The van der Waals surface area contributed by atoms with Gasteiger partial charge in [0.15, 0.2) is 12.6 Å². The molecule has 2 aliphatic rings. The van der Waals surface area contributed by atoms with E-state index in [4.69, 9.17) is 18.9 Å². The Morgan fingerprint density at radius 1 is 0.402 bits per heavy atom. The third-order valence-corrected chi connectivity index (χ3v) is 17.8. The Bertz CT molecular complexity index is 1920. The molecule has 0 aromatic carbocycles. The van der Waals surface area contributed by atoms with Crippen molar-refractivity contribution < 1.29 is 64.6 Å². The van der Waals surface area contributed by atoms with Crippen LogP contribution in [-0.2, 0) is 23.7 Å². The van der Waals surface area contributed by atoms with Crippen LogP contribution in [0.5, 0.6) is 0 Å². The second-order valence-corrected chi connectivity index (χ2v) is 26.0. The van der Waals surface area contributed by atoms with E-state index in [0.717, 1.165) is 103 Å². The molecule has 532 valence electrons. The van der Waals surface area contributed by atoms with E-state index in [0.29, 0.717) is 12.8 Å². The van der Waals surface area contributed by atoms with Crippen LogP contribution in [0.2, 0.25) is 0 Å². The van der Waals surface area contributed by atoms with E-state index in [1.807, 2.05) is 0 Å². The van der Waals surface area contributed by atoms with Gasteiger partial charge in [0.25, 0.3) is 0 Å². The Morgan fingerprint density at radius 3 is 1.15 bits per heavy atom. The predicted molar refractivity (Wildman–Crippen MR) is 378 cm³/mol. The molecule has 2 fully saturated rings. The molecular weight excluding hydrogens is 1160 g/mol. The molecule has 12 atom stereocenters. The van der Waals surface area contributed by atoms with Gasteiger partial charge >= 0.3 is 0 Å². The smallest absolute Gasteiger partial charge is 0.220 e. The monoisotopic (exact) mass is 1300 g/mol. The fraction of sp³-hybridized carbons (Fsp3) is 0.782. The van der Waals surface area contributed by atoms with Gasteiger partial charge in [-0.3, -0.25) is 4.79 Å². The van der Waals surface area contributed by atoms with Gasteiger partial charge in [-0.1, -0.05) is 310 Å². The van der Waals surface area contributed by atoms with Crippen molar-refractivity contribution in [3.05, 3.63) is 97.2 Å². The van der Waals surface area contributed by atoms with E-state index in [9.17, 15) is 45.6 Å². The fourth-order valence-electron chi connectivity index (χ4n) is 11.9. The summed E-state index contributed by atoms with van der Waals surface area (Å²) in [7, 11) is 0. The summed E-state index contributed by atoms with van der Waals surface area (Å²) in [5, 5.41) is 87.6. The number of unbranched alkanes of at least 4 members (excludes halogenated alkanes) is 32. The van der Waals surface area contributed by atoms with E-state index in [-0.39, 0.29) is 12.5 Å². The average Bonchev–Trinajstić information content (AvgIpc) is 0.856. The molecule has 2 heterocycles. The molecular formula is C78H137NO13. The molecule has 1 amide bonds. The lowest BCUT2D eigenvalue weighted by Gasteiger charge is -2.46. The summed E-state index contributed by atoms with van der Waals surface area (Å²) in [6.07, 6.45) is 70.0. The highest BCUT2D eigenvalue weighted by atomic mass is 16.7. The number of aliphatic hydroxyl groups is 8. The van der Waals surface area contributed by atoms with Crippen molar-refractivity contribution in [2.45, 2.75) is 370 Å². The highest BCUT2D eigenvalue weighted by Gasteiger charge is 2.51. The minimum absolute atomic E-state index is 0.206. The van der Waals surface area contributed by atoms with Gasteiger partial charge in [0.05, 0.1) is 32.0 Å². The van der Waals surface area contributed by atoms with Crippen LogP contribution < -0.4 is 5.32 Å². The minimum Gasteiger partial charge on any atom is -0.394 e. The van der Waals surface area contributed by atoms with Crippen molar-refractivity contribution in [3.63, 3.8) is 0 Å². The number of aliphatic hydroxyl groups excluding tert-OH is 8. The molecule has 0 aromatic rings. The molecule has 0 spiro atoms. The Hall–Kier alpha value is -3.09. The largest absolute Gasteiger partial charge is 0.394 e. The van der Waals surface area contributed by atoms with Gasteiger partial charge in [0, 0.05) is 6.42 Å². The maximum atomic E-state index is 13.4. The van der Waals surface area contributed by atoms with E-state index in [1.165, 1.54) is 167 Å². The van der Waals surface area contributed by atoms with Gasteiger partial charge in [0.1, 0.15) is 48.8 Å². The Morgan fingerprint density at radius 2 is 0.750 bits per heavy atom. The van der Waals surface area contributed by atoms with Crippen LogP contribution in [-0.4, -0.2) is 140 Å². The molecule has 9 N–H and O–H groups in total. The molecule has 0 aliphatic carbocycles. The van der Waals surface area contributed by atoms with Gasteiger partial charge in [0.2, 0.25) is 5.91 Å². The summed E-state index contributed by atoms with van der Waals surface area (Å²) in [6, 6.07) is -0.833. The molecule has 2 rings (SSSR count). The molecule has 0 bridgehead atoms. The Kier molecular flexibility index (Phi) is 56.8. The lowest BCUT2D eigenvalue weighted by molar-refractivity contribution is -0.359. The molecule has 92 heavy (non-hydrogen) atoms. The number of carbonyl (C=O) groups excluding carboxylic acids is 1. The van der Waals surface area contributed by atoms with Crippen LogP contribution in [0.3, 0.4) is 0 Å². The SMILES string of the molecule is CC/C=C\C/C=C\C/C=C\C/C=C\C/C=C\C/C=C\C/C=C\C/C=C\CCCCCCCCCCCCCCCCCCC(=O)NC(COC1OC(CO)C(OC2OC(CO)C(O)C(O)C2O)C(O)C1O)C(O)CCCCCCCCCCCCCCCCCCC. The van der Waals surface area contributed by atoms with E-state index in [1.54, 1.807) is 0 Å². The molecule has 14 heteroatoms. The highest BCUT2D eigenvalue weighted by molar-refractivity contribution is 5.76. The third-order valence-electron chi connectivity index (χ3n) is 17.8. The van der Waals surface area contributed by atoms with Crippen LogP contribution in [0.4, 0.5) is 0 Å². The first-order chi connectivity index (χ1) is 45.1. The zero-order valence-electron chi connectivity index (χ0n) is 58.0. The number of allylic oxidation sites excluding steroid dienone is 16. The lowest BCUT2D eigenvalue weighted by Crippen LogP contribution is -2.65. The number of carbonyl (C=O) groups is 1. The van der Waals surface area contributed by atoms with Crippen LogP contribution in [0.25, 0.3) is 0 Å². The zero-order chi connectivity index (χ0) is 66.6. The predicted octanol–water partition coefficient (Wildman–Crippen LogP) is 16.1. The summed E-state index contributed by atoms with van der Waals surface area (Å²) in [5.74, 6) is -0.206. The summed E-state index contributed by atoms with van der Waals surface area (Å²) < 4.78 is 22.9. The second kappa shape index (κ2) is 61.5. The van der Waals surface area contributed by atoms with Gasteiger partial charge in [-0.25, -0.2) is 0 Å². The van der Waals surface area contributed by atoms with Gasteiger partial charge in [-0.05, 0) is 77.0 Å². The van der Waals surface area contributed by atoms with E-state index < -0.39 is 86.8 Å². The van der Waals surface area contributed by atoms with Crippen LogP contribution in [0, 0.1) is 0 Å². The maximum Gasteiger partial charge on any atom is 0.220 e. The third kappa shape index (κ3) is 44.6. The van der Waals surface area contributed by atoms with Crippen molar-refractivity contribution in [3.8, 4) is 0 Å². The van der Waals surface area contributed by atoms with Crippen molar-refractivity contribution in [1.29, 1.82) is 0 Å². The number of hydrogen-bond acceptors (Lipinski definition) is 13. The zero-order valence-corrected chi connectivity index (χ0v) is 58.0. The van der Waals surface area contributed by atoms with Crippen LogP contribution >= 0.6 is 0 Å². The number of nitrogens with one attached hydrogen (secondary N) is 1. The number of rotatable bonds is 61. The molecule has 12 unspecified atom stereocenters. The van der Waals surface area contributed by atoms with Crippen molar-refractivity contribution >= 4 is 5.91 Å². The molecule has 14 nitrogen and oxygen atoms in total. The average molecular weight is 1300 g/mol. The molecule has 0 radical (unpaired) electrons. The van der Waals surface area contributed by atoms with Gasteiger partial charge in [-0.15, -0.1) is 0 Å². The Labute approximate surface area is 560 Å². The fourth-order valence-corrected chi connectivity index (χ4v) is 11.9. The topological polar surface area (TPSA) is 228 Å². The maximum absolute atomic E-state index is 13.4. The van der Waals surface area contributed by atoms with Gasteiger partial charge < -0.3 is 65.1 Å². The molecule has 2 aliphatic heterocycles. The summed E-state index contributed by atoms with van der Waals surface area (Å²) >= 11 is 0. The molecule has 0 aromatic heterocycles. The first kappa shape index (κ1) is 85.0. The van der Waals surface area contributed by atoms with Crippen LogP contribution in [0.1, 0.15) is 296 Å². The summed E-state index contributed by atoms with van der Waals surface area (Å²) in [6.45, 7) is 2.77. The standard InChI is InChI=1S/C78H137NO13/c1-3-5-7-9-11-13-15-17-19-21-22-23-24-25-26-27-28-29-30-31-32-33-34-35-36-37-38-39-40-41-42-43-44-46-48-50-52-54-56-58-60-62-70(83)79-66(67(82)61-59-57-55-53-51-49-47-45-20-18-16-14-12-10-8-6-4-2)65-89-77-75(88)73(86)76(69(64-81)91-77)92-78-74(87)72(85)71(84)68(63-80)90-78/h5,7,11,13,17,19,22-23,25-26,28-29,31-32,34-35,66-69,71-78,80-82,84-88H,3-4,6,8-10,12,14-16,18,20-21,24,27,30,33,36-65H2,1-2H3,(H,79,83)/b7-5-,13-11-,19-17-,23-22-,26-25-,29-28-,32-31-,35-34-. The normalized spacial score (nSPS) is 23.2. The summed E-state index contributed by atoms with van der Waals surface area (Å²) in [5.41, 5.74) is 0. The summed E-state index contributed by atoms with van der Waals surface area (Å²) in [4.78, 5) is 13.4. The molecule has 2 saturated heterocycles. The second-order valence-electron chi connectivity index (χ2n) is 26.0. The Balaban J connectivity index is 1.58. The first-order valence-electron chi connectivity index (χ1n) is 37.5. The quantitative estimate of drug-likeness (QED) is 0.0204. The van der Waals surface area contributed by atoms with Crippen molar-refractivity contribution in [2.75, 3.05) is 19.8 Å². The van der Waals surface area contributed by atoms with E-state index in [2.05, 4.69) is 116 Å². The van der Waals surface area contributed by atoms with Crippen molar-refractivity contribution in [1.82, 2.24) is 5.32 Å². The lowest BCUT2D eigenvalue weighted by atomic mass is 9.97. The van der Waals surface area contributed by atoms with Crippen molar-refractivity contribution in [2.24, 2.45) is 0 Å². The number of hydrogen-bond donors (Lipinski definition) is 9.